The minimum absolute atomic E-state index is 0.0456. The zero-order valence-electron chi connectivity index (χ0n) is 14.5. The molecule has 0 saturated carbocycles. The van der Waals surface area contributed by atoms with E-state index in [-0.39, 0.29) is 24.4 Å². The standard InChI is InChI=1S/C16H27N5O2/c1-11(2)5-6-17-15(22)10-20-9-13-8-18-19-21(13)14(16(20)23)7-12(3)4/h8,11-12,14H,5-7,9-10H2,1-4H3,(H,17,22). The Bertz CT molecular complexity index is 552. The molecule has 23 heavy (non-hydrogen) atoms. The monoisotopic (exact) mass is 321 g/mol. The van der Waals surface area contributed by atoms with E-state index in [1.807, 2.05) is 0 Å². The van der Waals surface area contributed by atoms with E-state index in [9.17, 15) is 9.59 Å². The summed E-state index contributed by atoms with van der Waals surface area (Å²) < 4.78 is 1.70. The van der Waals surface area contributed by atoms with Gasteiger partial charge in [0.05, 0.1) is 25.0 Å². The minimum atomic E-state index is -0.357. The van der Waals surface area contributed by atoms with Crippen molar-refractivity contribution in [3.8, 4) is 0 Å². The molecule has 1 aromatic rings. The largest absolute Gasteiger partial charge is 0.355 e. The van der Waals surface area contributed by atoms with E-state index in [1.54, 1.807) is 15.8 Å². The van der Waals surface area contributed by atoms with Crippen LogP contribution in [0.2, 0.25) is 0 Å². The second-order valence-corrected chi connectivity index (χ2v) is 7.04. The number of hydrogen-bond acceptors (Lipinski definition) is 4. The summed E-state index contributed by atoms with van der Waals surface area (Å²) >= 11 is 0. The van der Waals surface area contributed by atoms with Gasteiger partial charge in [-0.15, -0.1) is 5.10 Å². The van der Waals surface area contributed by atoms with Gasteiger partial charge in [0.15, 0.2) is 0 Å². The molecule has 0 spiro atoms. The summed E-state index contributed by atoms with van der Waals surface area (Å²) in [5.41, 5.74) is 0.880. The van der Waals surface area contributed by atoms with Gasteiger partial charge in [-0.2, -0.15) is 0 Å². The average Bonchev–Trinajstić information content (AvgIpc) is 2.90. The van der Waals surface area contributed by atoms with Gasteiger partial charge < -0.3 is 10.2 Å². The molecule has 0 aliphatic carbocycles. The fourth-order valence-electron chi connectivity index (χ4n) is 2.74. The van der Waals surface area contributed by atoms with Crippen molar-refractivity contribution in [3.63, 3.8) is 0 Å². The number of amides is 2. The van der Waals surface area contributed by atoms with Crippen LogP contribution in [0.15, 0.2) is 6.20 Å². The molecule has 7 nitrogen and oxygen atoms in total. The summed E-state index contributed by atoms with van der Waals surface area (Å²) in [4.78, 5) is 26.4. The van der Waals surface area contributed by atoms with Crippen molar-refractivity contribution in [3.05, 3.63) is 11.9 Å². The van der Waals surface area contributed by atoms with Crippen molar-refractivity contribution < 1.29 is 9.59 Å². The van der Waals surface area contributed by atoms with E-state index in [1.165, 1.54) is 0 Å². The summed E-state index contributed by atoms with van der Waals surface area (Å²) in [6.45, 7) is 9.50. The van der Waals surface area contributed by atoms with E-state index < -0.39 is 0 Å². The first kappa shape index (κ1) is 17.4. The number of fused-ring (bicyclic) bond motifs is 1. The number of nitrogens with one attached hydrogen (secondary N) is 1. The quantitative estimate of drug-likeness (QED) is 0.822. The van der Waals surface area contributed by atoms with Crippen LogP contribution in [0.4, 0.5) is 0 Å². The molecule has 2 rings (SSSR count). The predicted octanol–water partition coefficient (Wildman–Crippen LogP) is 1.37. The van der Waals surface area contributed by atoms with Gasteiger partial charge in [0.1, 0.15) is 6.04 Å². The van der Waals surface area contributed by atoms with Gasteiger partial charge in [0.25, 0.3) is 0 Å². The van der Waals surface area contributed by atoms with Gasteiger partial charge in [0.2, 0.25) is 11.8 Å². The van der Waals surface area contributed by atoms with Crippen LogP contribution >= 0.6 is 0 Å². The highest BCUT2D eigenvalue weighted by Crippen LogP contribution is 2.26. The number of aromatic nitrogens is 3. The summed E-state index contributed by atoms with van der Waals surface area (Å²) in [5, 5.41) is 10.8. The van der Waals surface area contributed by atoms with E-state index in [0.717, 1.165) is 12.1 Å². The highest BCUT2D eigenvalue weighted by atomic mass is 16.2. The van der Waals surface area contributed by atoms with Crippen LogP contribution < -0.4 is 5.32 Å². The first-order valence-corrected chi connectivity index (χ1v) is 8.33. The highest BCUT2D eigenvalue weighted by Gasteiger charge is 2.35. The Morgan fingerprint density at radius 2 is 2.09 bits per heavy atom. The molecule has 1 aliphatic heterocycles. The van der Waals surface area contributed by atoms with Gasteiger partial charge in [-0.3, -0.25) is 9.59 Å². The van der Waals surface area contributed by atoms with E-state index in [0.29, 0.717) is 31.3 Å². The van der Waals surface area contributed by atoms with Gasteiger partial charge in [0, 0.05) is 6.54 Å². The van der Waals surface area contributed by atoms with Gasteiger partial charge in [-0.1, -0.05) is 32.9 Å². The Balaban J connectivity index is 2.00. The molecule has 7 heteroatoms. The zero-order valence-corrected chi connectivity index (χ0v) is 14.5. The molecule has 1 N–H and O–H groups in total. The Kier molecular flexibility index (Phi) is 5.74. The van der Waals surface area contributed by atoms with Crippen molar-refractivity contribution >= 4 is 11.8 Å². The maximum Gasteiger partial charge on any atom is 0.248 e. The topological polar surface area (TPSA) is 80.1 Å². The van der Waals surface area contributed by atoms with Crippen molar-refractivity contribution in [1.29, 1.82) is 0 Å². The summed E-state index contributed by atoms with van der Waals surface area (Å²) in [6.07, 6.45) is 3.30. The van der Waals surface area contributed by atoms with E-state index in [4.69, 9.17) is 0 Å². The molecule has 2 heterocycles. The van der Waals surface area contributed by atoms with E-state index >= 15 is 0 Å². The summed E-state index contributed by atoms with van der Waals surface area (Å²) in [5.74, 6) is 0.752. The lowest BCUT2D eigenvalue weighted by Crippen LogP contribution is -2.47. The number of nitrogens with zero attached hydrogens (tertiary/aromatic N) is 4. The second-order valence-electron chi connectivity index (χ2n) is 7.04. The first-order chi connectivity index (χ1) is 10.9. The van der Waals surface area contributed by atoms with Crippen LogP contribution in [-0.2, 0) is 16.1 Å². The third-order valence-electron chi connectivity index (χ3n) is 3.97. The van der Waals surface area contributed by atoms with Crippen molar-refractivity contribution in [2.75, 3.05) is 13.1 Å². The summed E-state index contributed by atoms with van der Waals surface area (Å²) in [6, 6.07) is -0.357. The zero-order chi connectivity index (χ0) is 17.0. The molecule has 1 unspecified atom stereocenters. The highest BCUT2D eigenvalue weighted by molar-refractivity contribution is 5.87. The predicted molar refractivity (Wildman–Crippen MR) is 86.4 cm³/mol. The first-order valence-electron chi connectivity index (χ1n) is 8.33. The molecule has 0 radical (unpaired) electrons. The molecule has 128 valence electrons. The maximum atomic E-state index is 12.7. The normalized spacial score (nSPS) is 17.7. The van der Waals surface area contributed by atoms with E-state index in [2.05, 4.69) is 43.3 Å². The minimum Gasteiger partial charge on any atom is -0.355 e. The third kappa shape index (κ3) is 4.53. The Morgan fingerprint density at radius 1 is 1.35 bits per heavy atom. The average molecular weight is 321 g/mol. The Hall–Kier alpha value is -1.92. The van der Waals surface area contributed by atoms with Gasteiger partial charge in [-0.05, 0) is 24.7 Å². The number of rotatable bonds is 7. The van der Waals surface area contributed by atoms with Crippen LogP contribution in [0, 0.1) is 11.8 Å². The molecule has 1 aromatic heterocycles. The maximum absolute atomic E-state index is 12.7. The van der Waals surface area contributed by atoms with Crippen LogP contribution in [0.3, 0.4) is 0 Å². The van der Waals surface area contributed by atoms with Crippen LogP contribution in [0.1, 0.15) is 52.3 Å². The molecule has 1 atom stereocenters. The molecular formula is C16H27N5O2. The van der Waals surface area contributed by atoms with Crippen molar-refractivity contribution in [2.45, 2.75) is 53.1 Å². The van der Waals surface area contributed by atoms with Crippen LogP contribution in [-0.4, -0.2) is 44.8 Å². The molecule has 0 saturated heterocycles. The Labute approximate surface area is 137 Å². The van der Waals surface area contributed by atoms with Gasteiger partial charge >= 0.3 is 0 Å². The molecule has 0 fully saturated rings. The van der Waals surface area contributed by atoms with Gasteiger partial charge in [-0.25, -0.2) is 4.68 Å². The fourth-order valence-corrected chi connectivity index (χ4v) is 2.74. The smallest absolute Gasteiger partial charge is 0.248 e. The number of hydrogen-bond donors (Lipinski definition) is 1. The Morgan fingerprint density at radius 3 is 2.74 bits per heavy atom. The third-order valence-corrected chi connectivity index (χ3v) is 3.97. The summed E-state index contributed by atoms with van der Waals surface area (Å²) in [7, 11) is 0. The lowest BCUT2D eigenvalue weighted by molar-refractivity contribution is -0.142. The van der Waals surface area contributed by atoms with Crippen molar-refractivity contribution in [1.82, 2.24) is 25.2 Å². The molecule has 0 aromatic carbocycles. The van der Waals surface area contributed by atoms with Crippen LogP contribution in [0.25, 0.3) is 0 Å². The lowest BCUT2D eigenvalue weighted by atomic mass is 10.0. The molecule has 0 bridgehead atoms. The SMILES string of the molecule is CC(C)CCNC(=O)CN1Cc2cnnn2C(CC(C)C)C1=O. The number of carbonyl (C=O) groups is 2. The molecule has 2 amide bonds. The molecule has 1 aliphatic rings. The van der Waals surface area contributed by atoms with Crippen LogP contribution in [0.5, 0.6) is 0 Å². The van der Waals surface area contributed by atoms with Crippen molar-refractivity contribution in [2.24, 2.45) is 11.8 Å². The molecular weight excluding hydrogens is 294 g/mol. The fraction of sp³-hybridized carbons (Fsp3) is 0.750. The lowest BCUT2D eigenvalue weighted by Gasteiger charge is -2.33. The second kappa shape index (κ2) is 7.57. The number of carbonyl (C=O) groups excluding carboxylic acids is 2.